The molecule has 2 fully saturated rings. The lowest BCUT2D eigenvalue weighted by Crippen LogP contribution is -2.44. The molecule has 0 radical (unpaired) electrons. The van der Waals surface area contributed by atoms with E-state index in [4.69, 9.17) is 4.74 Å². The van der Waals surface area contributed by atoms with Crippen molar-refractivity contribution in [3.8, 4) is 11.3 Å². The van der Waals surface area contributed by atoms with Gasteiger partial charge in [0.1, 0.15) is 0 Å². The summed E-state index contributed by atoms with van der Waals surface area (Å²) in [5, 5.41) is 7.72. The Morgan fingerprint density at radius 3 is 2.76 bits per heavy atom. The summed E-state index contributed by atoms with van der Waals surface area (Å²) < 4.78 is 5.46. The molecule has 1 aromatic carbocycles. The number of hydrogen-bond donors (Lipinski definition) is 1. The van der Waals surface area contributed by atoms with E-state index < -0.39 is 0 Å². The second-order valence-electron chi connectivity index (χ2n) is 7.30. The summed E-state index contributed by atoms with van der Waals surface area (Å²) in [6.07, 6.45) is 2.65. The minimum atomic E-state index is 0.781. The smallest absolute Gasteiger partial charge is 0.0924 e. The maximum atomic E-state index is 5.46. The van der Waals surface area contributed by atoms with Crippen LogP contribution in [-0.2, 0) is 11.3 Å². The Bertz CT molecular complexity index is 651. The van der Waals surface area contributed by atoms with Gasteiger partial charge in [-0.3, -0.25) is 14.9 Å². The van der Waals surface area contributed by atoms with Crippen molar-refractivity contribution in [2.24, 2.45) is 5.92 Å². The molecule has 3 heterocycles. The number of nitrogens with zero attached hydrogens (tertiary/aromatic N) is 3. The lowest BCUT2D eigenvalue weighted by Gasteiger charge is -2.36. The maximum Gasteiger partial charge on any atom is 0.0924 e. The minimum Gasteiger partial charge on any atom is -0.379 e. The zero-order valence-electron chi connectivity index (χ0n) is 14.9. The Labute approximate surface area is 150 Å². The second kappa shape index (κ2) is 8.13. The highest BCUT2D eigenvalue weighted by molar-refractivity contribution is 5.58. The molecule has 1 aromatic heterocycles. The Morgan fingerprint density at radius 2 is 1.92 bits per heavy atom. The molecule has 5 heteroatoms. The topological polar surface area (TPSA) is 44.4 Å². The molecule has 1 unspecified atom stereocenters. The van der Waals surface area contributed by atoms with Crippen molar-refractivity contribution >= 4 is 0 Å². The van der Waals surface area contributed by atoms with Gasteiger partial charge in [0.15, 0.2) is 0 Å². The number of benzene rings is 1. The standard InChI is InChI=1S/C20H28N4O/c1-2-6-18(7-3-1)20-13-19(21-22-20)16-24-8-4-5-17(15-24)14-23-9-11-25-12-10-23/h1-3,6-7,13,17H,4-5,8-12,14-16H2,(H,21,22). The van der Waals surface area contributed by atoms with Gasteiger partial charge < -0.3 is 4.74 Å². The third-order valence-electron chi connectivity index (χ3n) is 5.32. The van der Waals surface area contributed by atoms with Gasteiger partial charge in [-0.1, -0.05) is 30.3 Å². The van der Waals surface area contributed by atoms with Crippen molar-refractivity contribution in [1.29, 1.82) is 0 Å². The average molecular weight is 340 g/mol. The highest BCUT2D eigenvalue weighted by atomic mass is 16.5. The first-order chi connectivity index (χ1) is 12.4. The summed E-state index contributed by atoms with van der Waals surface area (Å²) in [4.78, 5) is 5.15. The van der Waals surface area contributed by atoms with Gasteiger partial charge in [-0.05, 0) is 31.4 Å². The molecule has 4 rings (SSSR count). The van der Waals surface area contributed by atoms with Crippen LogP contribution in [0.2, 0.25) is 0 Å². The van der Waals surface area contributed by atoms with Gasteiger partial charge in [0.25, 0.3) is 0 Å². The fourth-order valence-electron chi connectivity index (χ4n) is 4.03. The number of piperidine rings is 1. The molecule has 0 amide bonds. The number of morpholine rings is 1. The normalized spacial score (nSPS) is 23.0. The number of aromatic amines is 1. The summed E-state index contributed by atoms with van der Waals surface area (Å²) in [7, 11) is 0. The summed E-state index contributed by atoms with van der Waals surface area (Å²) in [6, 6.07) is 12.6. The van der Waals surface area contributed by atoms with Gasteiger partial charge in [0, 0.05) is 44.0 Å². The van der Waals surface area contributed by atoms with E-state index in [1.165, 1.54) is 43.7 Å². The van der Waals surface area contributed by atoms with E-state index in [-0.39, 0.29) is 0 Å². The van der Waals surface area contributed by atoms with Crippen LogP contribution in [-0.4, -0.2) is 65.9 Å². The largest absolute Gasteiger partial charge is 0.379 e. The molecule has 134 valence electrons. The van der Waals surface area contributed by atoms with Crippen LogP contribution in [0.5, 0.6) is 0 Å². The van der Waals surface area contributed by atoms with Gasteiger partial charge in [-0.2, -0.15) is 5.10 Å². The highest BCUT2D eigenvalue weighted by Crippen LogP contribution is 2.22. The van der Waals surface area contributed by atoms with Gasteiger partial charge in [0.05, 0.1) is 18.9 Å². The molecular formula is C20H28N4O. The molecule has 25 heavy (non-hydrogen) atoms. The van der Waals surface area contributed by atoms with E-state index >= 15 is 0 Å². The number of hydrogen-bond acceptors (Lipinski definition) is 4. The lowest BCUT2D eigenvalue weighted by atomic mass is 9.97. The molecule has 0 aliphatic carbocycles. The number of nitrogens with one attached hydrogen (secondary N) is 1. The van der Waals surface area contributed by atoms with Crippen LogP contribution in [0.15, 0.2) is 36.4 Å². The average Bonchev–Trinajstić information content (AvgIpc) is 3.12. The number of rotatable bonds is 5. The third-order valence-corrected chi connectivity index (χ3v) is 5.32. The Kier molecular flexibility index (Phi) is 5.45. The molecule has 1 N–H and O–H groups in total. The van der Waals surface area contributed by atoms with Crippen LogP contribution in [0.25, 0.3) is 11.3 Å². The Balaban J connectivity index is 1.32. The number of H-pyrrole nitrogens is 1. The van der Waals surface area contributed by atoms with Crippen LogP contribution in [0.1, 0.15) is 18.5 Å². The van der Waals surface area contributed by atoms with E-state index in [0.29, 0.717) is 0 Å². The van der Waals surface area contributed by atoms with Crippen LogP contribution < -0.4 is 0 Å². The molecule has 2 aromatic rings. The zero-order valence-corrected chi connectivity index (χ0v) is 14.9. The second-order valence-corrected chi connectivity index (χ2v) is 7.30. The molecule has 5 nitrogen and oxygen atoms in total. The fourth-order valence-corrected chi connectivity index (χ4v) is 4.03. The first kappa shape index (κ1) is 16.8. The first-order valence-electron chi connectivity index (χ1n) is 9.49. The number of ether oxygens (including phenoxy) is 1. The minimum absolute atomic E-state index is 0.781. The highest BCUT2D eigenvalue weighted by Gasteiger charge is 2.23. The molecule has 0 spiro atoms. The molecule has 2 saturated heterocycles. The van der Waals surface area contributed by atoms with Crippen molar-refractivity contribution in [2.75, 3.05) is 45.9 Å². The lowest BCUT2D eigenvalue weighted by molar-refractivity contribution is 0.0223. The van der Waals surface area contributed by atoms with E-state index in [1.54, 1.807) is 0 Å². The van der Waals surface area contributed by atoms with Gasteiger partial charge in [-0.15, -0.1) is 0 Å². The SMILES string of the molecule is c1ccc(-c2cc(CN3CCCC(CN4CCOCC4)C3)[nH]n2)cc1. The van der Waals surface area contributed by atoms with Crippen LogP contribution in [0.3, 0.4) is 0 Å². The third kappa shape index (κ3) is 4.48. The van der Waals surface area contributed by atoms with Crippen LogP contribution in [0.4, 0.5) is 0 Å². The van der Waals surface area contributed by atoms with E-state index in [2.05, 4.69) is 50.3 Å². The summed E-state index contributed by atoms with van der Waals surface area (Å²) in [5.74, 6) is 0.781. The first-order valence-corrected chi connectivity index (χ1v) is 9.49. The molecule has 1 atom stereocenters. The molecule has 0 saturated carbocycles. The number of aromatic nitrogens is 2. The predicted octanol–water partition coefficient (Wildman–Crippen LogP) is 2.62. The van der Waals surface area contributed by atoms with E-state index in [1.807, 2.05) is 6.07 Å². The maximum absolute atomic E-state index is 5.46. The molecule has 0 bridgehead atoms. The number of likely N-dealkylation sites (tertiary alicyclic amines) is 1. The fraction of sp³-hybridized carbons (Fsp3) is 0.550. The summed E-state index contributed by atoms with van der Waals surface area (Å²) in [6.45, 7) is 8.56. The van der Waals surface area contributed by atoms with Crippen molar-refractivity contribution in [2.45, 2.75) is 19.4 Å². The van der Waals surface area contributed by atoms with Crippen LogP contribution >= 0.6 is 0 Å². The summed E-state index contributed by atoms with van der Waals surface area (Å²) >= 11 is 0. The van der Waals surface area contributed by atoms with Gasteiger partial charge >= 0.3 is 0 Å². The molecule has 2 aliphatic rings. The van der Waals surface area contributed by atoms with E-state index in [9.17, 15) is 0 Å². The molecule has 2 aliphatic heterocycles. The van der Waals surface area contributed by atoms with Crippen molar-refractivity contribution < 1.29 is 4.74 Å². The van der Waals surface area contributed by atoms with Crippen LogP contribution in [0, 0.1) is 5.92 Å². The van der Waals surface area contributed by atoms with Gasteiger partial charge in [-0.25, -0.2) is 0 Å². The summed E-state index contributed by atoms with van der Waals surface area (Å²) in [5.41, 5.74) is 3.43. The van der Waals surface area contributed by atoms with Crippen molar-refractivity contribution in [3.05, 3.63) is 42.1 Å². The predicted molar refractivity (Wildman–Crippen MR) is 99.3 cm³/mol. The van der Waals surface area contributed by atoms with Gasteiger partial charge in [0.2, 0.25) is 0 Å². The molecular weight excluding hydrogens is 312 g/mol. The zero-order chi connectivity index (χ0) is 16.9. The Morgan fingerprint density at radius 1 is 1.08 bits per heavy atom. The van der Waals surface area contributed by atoms with E-state index in [0.717, 1.165) is 44.5 Å². The quantitative estimate of drug-likeness (QED) is 0.909. The monoisotopic (exact) mass is 340 g/mol. The Hall–Kier alpha value is -1.69. The van der Waals surface area contributed by atoms with Crippen molar-refractivity contribution in [1.82, 2.24) is 20.0 Å². The van der Waals surface area contributed by atoms with Crippen molar-refractivity contribution in [3.63, 3.8) is 0 Å².